The second-order valence-electron chi connectivity index (χ2n) is 13.0. The monoisotopic (exact) mass is 660 g/mol. The molecule has 1 aliphatic heterocycles. The van der Waals surface area contributed by atoms with Crippen LogP contribution in [0.4, 0.5) is 26.1 Å². The lowest BCUT2D eigenvalue weighted by Gasteiger charge is -2.37. The molecule has 2 aromatic heterocycles. The van der Waals surface area contributed by atoms with Crippen molar-refractivity contribution in [3.05, 3.63) is 118 Å². The van der Waals surface area contributed by atoms with Crippen LogP contribution in [0.5, 0.6) is 5.75 Å². The number of hydrogen-bond donors (Lipinski definition) is 2. The number of ether oxygens (including phenoxy) is 1. The number of anilines is 3. The number of halogens is 2. The predicted molar refractivity (Wildman–Crippen MR) is 188 cm³/mol. The van der Waals surface area contributed by atoms with E-state index in [1.165, 1.54) is 36.6 Å². The van der Waals surface area contributed by atoms with Crippen molar-refractivity contribution < 1.29 is 13.5 Å². The van der Waals surface area contributed by atoms with E-state index in [0.29, 0.717) is 41.4 Å². The number of hydrogen-bond acceptors (Lipinski definition) is 7. The number of fused-ring (bicyclic) bond motifs is 1. The zero-order valence-corrected chi connectivity index (χ0v) is 27.5. The van der Waals surface area contributed by atoms with Crippen molar-refractivity contribution in [2.75, 3.05) is 23.3 Å². The summed E-state index contributed by atoms with van der Waals surface area (Å²) in [6.07, 6.45) is 8.71. The maximum absolute atomic E-state index is 15.4. The fourth-order valence-electron chi connectivity index (χ4n) is 7.10. The Morgan fingerprint density at radius 3 is 2.49 bits per heavy atom. The molecule has 8 nitrogen and oxygen atoms in total. The molecule has 2 atom stereocenters. The molecule has 2 aliphatic rings. The molecule has 3 aromatic carbocycles. The van der Waals surface area contributed by atoms with Gasteiger partial charge >= 0.3 is 0 Å². The molecule has 5 aromatic rings. The highest BCUT2D eigenvalue weighted by atomic mass is 19.1. The molecule has 10 heteroatoms. The third-order valence-electron chi connectivity index (χ3n) is 9.29. The minimum atomic E-state index is -0.549. The van der Waals surface area contributed by atoms with Gasteiger partial charge in [0.25, 0.3) is 5.56 Å². The first-order valence-corrected chi connectivity index (χ1v) is 16.8. The third-order valence-corrected chi connectivity index (χ3v) is 9.29. The third kappa shape index (κ3) is 7.13. The van der Waals surface area contributed by atoms with E-state index in [2.05, 4.69) is 58.5 Å². The number of pyridine rings is 1. The SMILES string of the molecule is C[C@@H]1CN(c2ccc(Nc3ncc4cc(C#COc5ccccc5F)c(=O)n(Cc5ccccc5C5CCCC5)c4n3)cc2F)C[C@H](C)N1. The largest absolute Gasteiger partial charge is 0.404 e. The van der Waals surface area contributed by atoms with Gasteiger partial charge in [-0.2, -0.15) is 4.98 Å². The van der Waals surface area contributed by atoms with Crippen LogP contribution in [-0.4, -0.2) is 39.7 Å². The summed E-state index contributed by atoms with van der Waals surface area (Å²) in [5.74, 6) is 2.53. The number of aromatic nitrogens is 3. The van der Waals surface area contributed by atoms with Crippen molar-refractivity contribution >= 4 is 28.4 Å². The Bertz CT molecular complexity index is 2110. The van der Waals surface area contributed by atoms with Crippen molar-refractivity contribution in [1.29, 1.82) is 0 Å². The number of para-hydroxylation sites is 1. The molecule has 0 radical (unpaired) electrons. The normalized spacial score (nSPS) is 17.9. The first-order chi connectivity index (χ1) is 23.8. The van der Waals surface area contributed by atoms with E-state index in [1.54, 1.807) is 35.0 Å². The van der Waals surface area contributed by atoms with Gasteiger partial charge in [0.1, 0.15) is 17.6 Å². The molecular weight excluding hydrogens is 622 g/mol. The minimum Gasteiger partial charge on any atom is -0.404 e. The molecule has 1 saturated carbocycles. The average Bonchev–Trinajstić information content (AvgIpc) is 3.62. The number of nitrogens with zero attached hydrogens (tertiary/aromatic N) is 4. The summed E-state index contributed by atoms with van der Waals surface area (Å²) in [5, 5.41) is 7.19. The molecule has 49 heavy (non-hydrogen) atoms. The summed E-state index contributed by atoms with van der Waals surface area (Å²) in [7, 11) is 0. The van der Waals surface area contributed by atoms with Crippen molar-refractivity contribution in [2.45, 2.75) is 64.1 Å². The molecular formula is C39H38F2N6O2. The molecule has 1 saturated heterocycles. The van der Waals surface area contributed by atoms with Crippen LogP contribution in [-0.2, 0) is 6.54 Å². The van der Waals surface area contributed by atoms with Crippen molar-refractivity contribution in [3.63, 3.8) is 0 Å². The fraction of sp³-hybridized carbons (Fsp3) is 0.308. The zero-order valence-electron chi connectivity index (χ0n) is 27.5. The molecule has 2 N–H and O–H groups in total. The first-order valence-electron chi connectivity index (χ1n) is 16.8. The second kappa shape index (κ2) is 14.1. The highest BCUT2D eigenvalue weighted by Gasteiger charge is 2.24. The van der Waals surface area contributed by atoms with Crippen molar-refractivity contribution in [3.8, 4) is 17.8 Å². The summed E-state index contributed by atoms with van der Waals surface area (Å²) >= 11 is 0. The van der Waals surface area contributed by atoms with Crippen molar-refractivity contribution in [1.82, 2.24) is 19.9 Å². The Morgan fingerprint density at radius 1 is 0.959 bits per heavy atom. The Morgan fingerprint density at radius 2 is 1.71 bits per heavy atom. The van der Waals surface area contributed by atoms with Gasteiger partial charge in [-0.1, -0.05) is 49.2 Å². The average molecular weight is 661 g/mol. The second-order valence-corrected chi connectivity index (χ2v) is 13.0. The highest BCUT2D eigenvalue weighted by molar-refractivity contribution is 5.77. The van der Waals surface area contributed by atoms with E-state index < -0.39 is 5.82 Å². The number of rotatable bonds is 7. The minimum absolute atomic E-state index is 0.0258. The number of piperazine rings is 1. The van der Waals surface area contributed by atoms with E-state index in [9.17, 15) is 9.18 Å². The number of nitrogens with one attached hydrogen (secondary N) is 2. The van der Waals surface area contributed by atoms with E-state index in [0.717, 1.165) is 18.4 Å². The smallest absolute Gasteiger partial charge is 0.268 e. The van der Waals surface area contributed by atoms with Crippen molar-refractivity contribution in [2.24, 2.45) is 0 Å². The lowest BCUT2D eigenvalue weighted by atomic mass is 9.93. The summed E-state index contributed by atoms with van der Waals surface area (Å²) in [5.41, 5.74) is 3.52. The van der Waals surface area contributed by atoms with Gasteiger partial charge < -0.3 is 20.3 Å². The fourth-order valence-corrected chi connectivity index (χ4v) is 7.10. The van der Waals surface area contributed by atoms with Crippen LogP contribution in [0.25, 0.3) is 11.0 Å². The lowest BCUT2D eigenvalue weighted by molar-refractivity contribution is 0.404. The molecule has 3 heterocycles. The predicted octanol–water partition coefficient (Wildman–Crippen LogP) is 7.09. The summed E-state index contributed by atoms with van der Waals surface area (Å²) in [6, 6.07) is 21.3. The van der Waals surface area contributed by atoms with Gasteiger partial charge in [-0.3, -0.25) is 9.36 Å². The molecule has 2 fully saturated rings. The Hall–Kier alpha value is -5.27. The van der Waals surface area contributed by atoms with E-state index in [1.807, 2.05) is 18.2 Å². The topological polar surface area (TPSA) is 84.3 Å². The van der Waals surface area contributed by atoms with Gasteiger partial charge in [-0.15, -0.1) is 0 Å². The maximum Gasteiger partial charge on any atom is 0.268 e. The van der Waals surface area contributed by atoms with Gasteiger partial charge in [-0.25, -0.2) is 13.8 Å². The summed E-state index contributed by atoms with van der Waals surface area (Å²) < 4.78 is 36.5. The van der Waals surface area contributed by atoms with Crippen LogP contribution in [0.1, 0.15) is 62.1 Å². The molecule has 7 rings (SSSR count). The highest BCUT2D eigenvalue weighted by Crippen LogP contribution is 2.36. The molecule has 0 bridgehead atoms. The molecule has 250 valence electrons. The molecule has 0 amide bonds. The van der Waals surface area contributed by atoms with E-state index in [4.69, 9.17) is 9.72 Å². The van der Waals surface area contributed by atoms with Gasteiger partial charge in [0.05, 0.1) is 17.8 Å². The van der Waals surface area contributed by atoms with Gasteiger partial charge in [-0.05, 0) is 86.1 Å². The Labute approximate surface area is 284 Å². The molecule has 1 aliphatic carbocycles. The standard InChI is InChI=1S/C39H38F2N6O2/c1-25-22-46(23-26(2)43-25)35-16-15-31(20-34(35)41)44-39-42-21-30-19-28(17-18-49-36-14-8-7-13-33(36)40)38(48)47(37(30)45-39)24-29-11-5-6-12-32(29)27-9-3-4-10-27/h5-8,11-16,19-21,25-27,43H,3-4,9-10,22-24H2,1-2H3,(H,42,44,45)/t25-,26+. The first kappa shape index (κ1) is 32.3. The van der Waals surface area contributed by atoms with E-state index in [-0.39, 0.29) is 47.3 Å². The summed E-state index contributed by atoms with van der Waals surface area (Å²) in [4.78, 5) is 25.4. The summed E-state index contributed by atoms with van der Waals surface area (Å²) in [6.45, 7) is 5.88. The molecule has 0 unspecified atom stereocenters. The van der Waals surface area contributed by atoms with Crippen LogP contribution < -0.4 is 25.8 Å². The van der Waals surface area contributed by atoms with Crippen LogP contribution in [0.3, 0.4) is 0 Å². The number of benzene rings is 3. The van der Waals surface area contributed by atoms with E-state index >= 15 is 4.39 Å². The lowest BCUT2D eigenvalue weighted by Crippen LogP contribution is -2.54. The van der Waals surface area contributed by atoms with Crippen LogP contribution in [0.15, 0.2) is 83.8 Å². The van der Waals surface area contributed by atoms with Gasteiger partial charge in [0, 0.05) is 42.4 Å². The maximum atomic E-state index is 15.4. The quantitative estimate of drug-likeness (QED) is 0.180. The van der Waals surface area contributed by atoms with Crippen LogP contribution in [0, 0.1) is 23.7 Å². The molecule has 0 spiro atoms. The Kier molecular flexibility index (Phi) is 9.27. The zero-order chi connectivity index (χ0) is 33.9. The van der Waals surface area contributed by atoms with Gasteiger partial charge in [0.2, 0.25) is 5.95 Å². The van der Waals surface area contributed by atoms with Crippen LogP contribution >= 0.6 is 0 Å². The Balaban J connectivity index is 1.24. The van der Waals surface area contributed by atoms with Gasteiger partial charge in [0.15, 0.2) is 11.6 Å². The van der Waals surface area contributed by atoms with Crippen LogP contribution in [0.2, 0.25) is 0 Å².